The van der Waals surface area contributed by atoms with E-state index in [4.69, 9.17) is 0 Å². The van der Waals surface area contributed by atoms with Gasteiger partial charge >= 0.3 is 0 Å². The van der Waals surface area contributed by atoms with Gasteiger partial charge in [0.2, 0.25) is 0 Å². The molecule has 1 unspecified atom stereocenters. The first-order valence-electron chi connectivity index (χ1n) is 7.97. The minimum atomic E-state index is 0.0613. The van der Waals surface area contributed by atoms with E-state index in [2.05, 4.69) is 58.0 Å². The quantitative estimate of drug-likeness (QED) is 0.570. The third kappa shape index (κ3) is 2.52. The first-order valence-corrected chi connectivity index (χ1v) is 7.97. The van der Waals surface area contributed by atoms with Crippen molar-refractivity contribution < 1.29 is 0 Å². The smallest absolute Gasteiger partial charge is 0.0954 e. The lowest BCUT2D eigenvalue weighted by atomic mass is 9.99. The van der Waals surface area contributed by atoms with E-state index in [9.17, 15) is 0 Å². The van der Waals surface area contributed by atoms with Gasteiger partial charge in [-0.3, -0.25) is 0 Å². The fourth-order valence-corrected chi connectivity index (χ4v) is 3.09. The average molecular weight is 314 g/mol. The van der Waals surface area contributed by atoms with Crippen molar-refractivity contribution in [2.24, 2.45) is 0 Å². The van der Waals surface area contributed by atoms with Gasteiger partial charge in [0.15, 0.2) is 0 Å². The Labute approximate surface area is 141 Å². The topological polar surface area (TPSA) is 35.6 Å². The summed E-state index contributed by atoms with van der Waals surface area (Å²) in [6, 6.07) is 20.7. The molecule has 118 valence electrons. The molecule has 0 saturated carbocycles. The highest BCUT2D eigenvalue weighted by atomic mass is 15.3. The zero-order valence-electron chi connectivity index (χ0n) is 13.4. The highest BCUT2D eigenvalue weighted by Gasteiger charge is 2.21. The Balaban J connectivity index is 1.84. The number of benzene rings is 2. The molecule has 4 nitrogen and oxygen atoms in total. The first-order chi connectivity index (χ1) is 11.8. The molecule has 0 aliphatic rings. The number of aromatic nitrogens is 4. The van der Waals surface area contributed by atoms with Gasteiger partial charge in [0.25, 0.3) is 0 Å². The Hall–Kier alpha value is -3.14. The van der Waals surface area contributed by atoms with E-state index in [1.54, 1.807) is 0 Å². The summed E-state index contributed by atoms with van der Waals surface area (Å²) in [5.41, 5.74) is 4.58. The van der Waals surface area contributed by atoms with Crippen molar-refractivity contribution >= 4 is 0 Å². The summed E-state index contributed by atoms with van der Waals surface area (Å²) >= 11 is 0. The second kappa shape index (κ2) is 6.16. The van der Waals surface area contributed by atoms with Gasteiger partial charge in [0.05, 0.1) is 24.3 Å². The average Bonchev–Trinajstić information content (AvgIpc) is 3.28. The monoisotopic (exact) mass is 314 g/mol. The van der Waals surface area contributed by atoms with Gasteiger partial charge in [-0.05, 0) is 24.6 Å². The van der Waals surface area contributed by atoms with Crippen LogP contribution >= 0.6 is 0 Å². The Morgan fingerprint density at radius 2 is 1.62 bits per heavy atom. The van der Waals surface area contributed by atoms with E-state index in [1.807, 2.05) is 53.9 Å². The molecule has 4 rings (SSSR count). The van der Waals surface area contributed by atoms with Crippen LogP contribution in [0.25, 0.3) is 5.69 Å². The van der Waals surface area contributed by atoms with Crippen LogP contribution in [-0.2, 0) is 0 Å². The Morgan fingerprint density at radius 3 is 2.29 bits per heavy atom. The van der Waals surface area contributed by atoms with Crippen molar-refractivity contribution in [3.63, 3.8) is 0 Å². The fourth-order valence-electron chi connectivity index (χ4n) is 3.09. The molecule has 0 bridgehead atoms. The zero-order chi connectivity index (χ0) is 16.4. The first kappa shape index (κ1) is 14.5. The van der Waals surface area contributed by atoms with Crippen molar-refractivity contribution in [2.75, 3.05) is 0 Å². The second-order valence-corrected chi connectivity index (χ2v) is 5.76. The zero-order valence-corrected chi connectivity index (χ0v) is 13.4. The SMILES string of the molecule is Cc1c(C(c2ccccc2)n2ccnc2)cnn1-c1ccccc1. The molecule has 0 aliphatic heterocycles. The second-order valence-electron chi connectivity index (χ2n) is 5.76. The highest BCUT2D eigenvalue weighted by Crippen LogP contribution is 2.29. The third-order valence-electron chi connectivity index (χ3n) is 4.28. The van der Waals surface area contributed by atoms with Gasteiger partial charge < -0.3 is 4.57 Å². The Bertz CT molecular complexity index is 909. The lowest BCUT2D eigenvalue weighted by Crippen LogP contribution is -2.11. The summed E-state index contributed by atoms with van der Waals surface area (Å²) in [5, 5.41) is 4.63. The van der Waals surface area contributed by atoms with Crippen LogP contribution in [0, 0.1) is 6.92 Å². The summed E-state index contributed by atoms with van der Waals surface area (Å²) in [5.74, 6) is 0. The molecule has 0 fully saturated rings. The lowest BCUT2D eigenvalue weighted by molar-refractivity contribution is 0.671. The molecule has 1 atom stereocenters. The molecular weight excluding hydrogens is 296 g/mol. The molecule has 4 heteroatoms. The molecule has 0 aliphatic carbocycles. The number of hydrogen-bond donors (Lipinski definition) is 0. The van der Waals surface area contributed by atoms with Gasteiger partial charge in [-0.25, -0.2) is 9.67 Å². The van der Waals surface area contributed by atoms with E-state index in [-0.39, 0.29) is 6.04 Å². The van der Waals surface area contributed by atoms with Crippen LogP contribution in [0.3, 0.4) is 0 Å². The van der Waals surface area contributed by atoms with Gasteiger partial charge in [-0.2, -0.15) is 5.10 Å². The minimum Gasteiger partial charge on any atom is -0.326 e. The van der Waals surface area contributed by atoms with Crippen molar-refractivity contribution in [1.82, 2.24) is 19.3 Å². The third-order valence-corrected chi connectivity index (χ3v) is 4.28. The number of imidazole rings is 1. The maximum absolute atomic E-state index is 4.63. The van der Waals surface area contributed by atoms with Crippen LogP contribution in [0.15, 0.2) is 85.6 Å². The summed E-state index contributed by atoms with van der Waals surface area (Å²) in [7, 11) is 0. The lowest BCUT2D eigenvalue weighted by Gasteiger charge is -2.19. The van der Waals surface area contributed by atoms with Crippen LogP contribution in [-0.4, -0.2) is 19.3 Å². The van der Waals surface area contributed by atoms with Crippen LogP contribution in [0.4, 0.5) is 0 Å². The molecule has 24 heavy (non-hydrogen) atoms. The maximum atomic E-state index is 4.63. The van der Waals surface area contributed by atoms with Gasteiger partial charge in [-0.15, -0.1) is 0 Å². The van der Waals surface area contributed by atoms with Crippen LogP contribution < -0.4 is 0 Å². The molecule has 0 saturated heterocycles. The Morgan fingerprint density at radius 1 is 0.917 bits per heavy atom. The van der Waals surface area contributed by atoms with Crippen molar-refractivity contribution in [3.8, 4) is 5.69 Å². The molecule has 0 amide bonds. The summed E-state index contributed by atoms with van der Waals surface area (Å²) < 4.78 is 4.11. The highest BCUT2D eigenvalue weighted by molar-refractivity contribution is 5.39. The van der Waals surface area contributed by atoms with E-state index in [0.29, 0.717) is 0 Å². The fraction of sp³-hybridized carbons (Fsp3) is 0.100. The minimum absolute atomic E-state index is 0.0613. The van der Waals surface area contributed by atoms with Crippen molar-refractivity contribution in [3.05, 3.63) is 102 Å². The molecule has 2 aromatic heterocycles. The summed E-state index contributed by atoms with van der Waals surface area (Å²) in [6.45, 7) is 2.11. The molecule has 2 aromatic carbocycles. The van der Waals surface area contributed by atoms with Crippen LogP contribution in [0.1, 0.15) is 22.9 Å². The van der Waals surface area contributed by atoms with E-state index < -0.39 is 0 Å². The van der Waals surface area contributed by atoms with E-state index >= 15 is 0 Å². The summed E-state index contributed by atoms with van der Waals surface area (Å²) in [6.07, 6.45) is 7.63. The summed E-state index contributed by atoms with van der Waals surface area (Å²) in [4.78, 5) is 4.22. The van der Waals surface area contributed by atoms with Crippen molar-refractivity contribution in [1.29, 1.82) is 0 Å². The predicted molar refractivity (Wildman–Crippen MR) is 94.2 cm³/mol. The van der Waals surface area contributed by atoms with Crippen LogP contribution in [0.2, 0.25) is 0 Å². The Kier molecular flexibility index (Phi) is 3.71. The number of rotatable bonds is 4. The maximum Gasteiger partial charge on any atom is 0.0954 e. The molecule has 0 radical (unpaired) electrons. The van der Waals surface area contributed by atoms with Gasteiger partial charge in [-0.1, -0.05) is 48.5 Å². The molecule has 2 heterocycles. The largest absolute Gasteiger partial charge is 0.326 e. The van der Waals surface area contributed by atoms with Crippen LogP contribution in [0.5, 0.6) is 0 Å². The molecule has 0 N–H and O–H groups in total. The number of para-hydroxylation sites is 1. The van der Waals surface area contributed by atoms with Crippen molar-refractivity contribution in [2.45, 2.75) is 13.0 Å². The molecule has 4 aromatic rings. The predicted octanol–water partition coefficient (Wildman–Crippen LogP) is 4.01. The molecular formula is C20H18N4. The van der Waals surface area contributed by atoms with Gasteiger partial charge in [0.1, 0.15) is 0 Å². The normalized spacial score (nSPS) is 12.2. The van der Waals surface area contributed by atoms with Gasteiger partial charge in [0, 0.05) is 23.7 Å². The number of nitrogens with zero attached hydrogens (tertiary/aromatic N) is 4. The standard InChI is InChI=1S/C20H18N4/c1-16-19(14-22-24(16)18-10-6-3-7-11-18)20(23-13-12-21-15-23)17-8-4-2-5-9-17/h2-15,20H,1H3. The van der Waals surface area contributed by atoms with E-state index in [0.717, 1.165) is 11.4 Å². The number of hydrogen-bond acceptors (Lipinski definition) is 2. The van der Waals surface area contributed by atoms with E-state index in [1.165, 1.54) is 11.1 Å². The molecule has 0 spiro atoms.